The van der Waals surface area contributed by atoms with Gasteiger partial charge in [-0.15, -0.1) is 11.3 Å². The zero-order valence-corrected chi connectivity index (χ0v) is 37.7. The van der Waals surface area contributed by atoms with Crippen LogP contribution in [0, 0.1) is 0 Å². The smallest absolute Gasteiger partial charge is 0.0561 e. The van der Waals surface area contributed by atoms with Crippen molar-refractivity contribution in [1.82, 2.24) is 9.13 Å². The molecule has 11 aromatic carbocycles. The van der Waals surface area contributed by atoms with Crippen molar-refractivity contribution in [1.29, 1.82) is 0 Å². The Morgan fingerprint density at radius 3 is 1.63 bits per heavy atom. The lowest BCUT2D eigenvalue weighted by Crippen LogP contribution is -2.10. The summed E-state index contributed by atoms with van der Waals surface area (Å²) in [6.45, 7) is 0. The summed E-state index contributed by atoms with van der Waals surface area (Å²) < 4.78 is 7.47. The van der Waals surface area contributed by atoms with E-state index in [-0.39, 0.29) is 0 Å². The number of nitrogens with zero attached hydrogens (tertiary/aromatic N) is 3. The van der Waals surface area contributed by atoms with Crippen LogP contribution in [0.4, 0.5) is 17.1 Å². The molecule has 0 N–H and O–H groups in total. The van der Waals surface area contributed by atoms with Crippen molar-refractivity contribution in [3.8, 4) is 33.6 Å². The van der Waals surface area contributed by atoms with E-state index in [0.29, 0.717) is 0 Å². The van der Waals surface area contributed by atoms with Crippen molar-refractivity contribution in [3.05, 3.63) is 249 Å². The summed E-state index contributed by atoms with van der Waals surface area (Å²) in [4.78, 5) is 2.36. The maximum absolute atomic E-state index is 2.44. The van der Waals surface area contributed by atoms with Crippen molar-refractivity contribution in [2.75, 3.05) is 4.90 Å². The number of aromatic nitrogens is 2. The molecule has 0 aliphatic rings. The molecule has 0 spiro atoms. The van der Waals surface area contributed by atoms with Gasteiger partial charge in [-0.05, 0) is 142 Å². The lowest BCUT2D eigenvalue weighted by molar-refractivity contribution is 1.18. The van der Waals surface area contributed by atoms with Crippen LogP contribution in [0.5, 0.6) is 0 Å². The molecule has 3 aromatic heterocycles. The number of hydrogen-bond donors (Lipinski definition) is 0. The zero-order valence-electron chi connectivity index (χ0n) is 36.9. The van der Waals surface area contributed by atoms with Crippen molar-refractivity contribution in [2.45, 2.75) is 0 Å². The van der Waals surface area contributed by atoms with Gasteiger partial charge < -0.3 is 14.0 Å². The fourth-order valence-corrected chi connectivity index (χ4v) is 11.9. The lowest BCUT2D eigenvalue weighted by atomic mass is 9.96. The molecule has 0 saturated carbocycles. The highest BCUT2D eigenvalue weighted by Crippen LogP contribution is 2.44. The highest BCUT2D eigenvalue weighted by molar-refractivity contribution is 7.25. The number of rotatable bonds is 7. The molecule has 14 aromatic rings. The first-order valence-corrected chi connectivity index (χ1v) is 24.1. The summed E-state index contributed by atoms with van der Waals surface area (Å²) in [5.74, 6) is 0. The first kappa shape index (κ1) is 38.6. The summed E-state index contributed by atoms with van der Waals surface area (Å²) in [6, 6.07) is 91.1. The zero-order chi connectivity index (χ0) is 44.7. The van der Waals surface area contributed by atoms with E-state index in [1.54, 1.807) is 0 Å². The molecule has 4 heteroatoms. The minimum absolute atomic E-state index is 1.10. The van der Waals surface area contributed by atoms with Gasteiger partial charge in [0.25, 0.3) is 0 Å². The minimum atomic E-state index is 1.10. The predicted molar refractivity (Wildman–Crippen MR) is 291 cm³/mol. The average Bonchev–Trinajstić information content (AvgIpc) is 4.06. The largest absolute Gasteiger partial charge is 0.310 e. The Bertz CT molecular complexity index is 4240. The van der Waals surface area contributed by atoms with E-state index < -0.39 is 0 Å². The van der Waals surface area contributed by atoms with Crippen LogP contribution in [0.25, 0.3) is 108 Å². The average molecular weight is 884 g/mol. The van der Waals surface area contributed by atoms with E-state index in [0.717, 1.165) is 28.4 Å². The maximum atomic E-state index is 2.44. The third kappa shape index (κ3) is 6.12. The molecule has 0 aliphatic carbocycles. The van der Waals surface area contributed by atoms with Crippen LogP contribution in [0.3, 0.4) is 0 Å². The molecule has 0 saturated heterocycles. The van der Waals surface area contributed by atoms with Gasteiger partial charge in [-0.1, -0.05) is 140 Å². The van der Waals surface area contributed by atoms with Gasteiger partial charge in [0.2, 0.25) is 0 Å². The van der Waals surface area contributed by atoms with Crippen molar-refractivity contribution < 1.29 is 0 Å². The second-order valence-corrected chi connectivity index (χ2v) is 18.8. The Kier molecular flexibility index (Phi) is 8.76. The van der Waals surface area contributed by atoms with Gasteiger partial charge in [0.15, 0.2) is 0 Å². The number of hydrogen-bond acceptors (Lipinski definition) is 2. The molecule has 3 heterocycles. The first-order valence-electron chi connectivity index (χ1n) is 23.2. The van der Waals surface area contributed by atoms with E-state index >= 15 is 0 Å². The van der Waals surface area contributed by atoms with Crippen LogP contribution in [0.1, 0.15) is 0 Å². The fraction of sp³-hybridized carbons (Fsp3) is 0. The summed E-state index contributed by atoms with van der Waals surface area (Å²) in [5.41, 5.74) is 15.1. The summed E-state index contributed by atoms with van der Waals surface area (Å²) in [6.07, 6.45) is 0. The number of thiophene rings is 1. The van der Waals surface area contributed by atoms with Crippen molar-refractivity contribution >= 4 is 103 Å². The Balaban J connectivity index is 0.875. The van der Waals surface area contributed by atoms with Gasteiger partial charge in [-0.3, -0.25) is 0 Å². The van der Waals surface area contributed by atoms with E-state index in [4.69, 9.17) is 0 Å². The molecule has 0 bridgehead atoms. The molecule has 318 valence electrons. The van der Waals surface area contributed by atoms with Crippen molar-refractivity contribution in [3.63, 3.8) is 0 Å². The number of benzene rings is 11. The van der Waals surface area contributed by atoms with Crippen LogP contribution in [0.15, 0.2) is 249 Å². The Hall–Kier alpha value is -8.70. The van der Waals surface area contributed by atoms with Gasteiger partial charge in [0.1, 0.15) is 0 Å². The van der Waals surface area contributed by atoms with Crippen LogP contribution >= 0.6 is 11.3 Å². The number of anilines is 3. The molecule has 0 aliphatic heterocycles. The molecule has 0 radical (unpaired) electrons. The standard InChI is InChI=1S/C64H41N3S/c1-4-17-47(18-5-1)65(51-33-34-53-52-23-10-12-25-58(52)67(61(53)40-51)49-21-8-3-9-22-49)50-31-27-42(28-32-50)43-15-14-16-44(37-43)45-29-35-59-57(38-45)64-55-41-56-54-24-11-13-26-62(54)68-63(56)39-46(55)30-36-60(64)66(59)48-19-6-2-7-20-48/h1-41H. The van der Waals surface area contributed by atoms with Crippen LogP contribution in [0.2, 0.25) is 0 Å². The predicted octanol–water partition coefficient (Wildman–Crippen LogP) is 18.2. The van der Waals surface area contributed by atoms with Gasteiger partial charge in [-0.25, -0.2) is 0 Å². The van der Waals surface area contributed by atoms with E-state index in [1.807, 2.05) is 11.3 Å². The summed E-state index contributed by atoms with van der Waals surface area (Å²) in [7, 11) is 0. The normalized spacial score (nSPS) is 11.8. The fourth-order valence-electron chi connectivity index (χ4n) is 10.8. The molecule has 3 nitrogen and oxygen atoms in total. The molecule has 14 rings (SSSR count). The molecule has 68 heavy (non-hydrogen) atoms. The SMILES string of the molecule is c1ccc(N(c2ccc(-c3cccc(-c4ccc5c(c4)c4c6cc7c(cc6ccc4n5-c4ccccc4)sc4ccccc47)c3)cc2)c2ccc3c4ccccc4n(-c4ccccc4)c3c2)cc1. The van der Waals surface area contributed by atoms with Crippen LogP contribution in [-0.2, 0) is 0 Å². The molecular formula is C64H41N3S. The second kappa shape index (κ2) is 15.5. The molecular weight excluding hydrogens is 843 g/mol. The van der Waals surface area contributed by atoms with Gasteiger partial charge in [0, 0.05) is 70.2 Å². The Morgan fingerprint density at radius 2 is 0.853 bits per heavy atom. The van der Waals surface area contributed by atoms with E-state index in [9.17, 15) is 0 Å². The molecule has 0 amide bonds. The topological polar surface area (TPSA) is 13.1 Å². The monoisotopic (exact) mass is 883 g/mol. The van der Waals surface area contributed by atoms with Crippen molar-refractivity contribution in [2.24, 2.45) is 0 Å². The highest BCUT2D eigenvalue weighted by atomic mass is 32.1. The van der Waals surface area contributed by atoms with Gasteiger partial charge >= 0.3 is 0 Å². The maximum Gasteiger partial charge on any atom is 0.0561 e. The number of para-hydroxylation sites is 4. The third-order valence-electron chi connectivity index (χ3n) is 13.9. The quantitative estimate of drug-likeness (QED) is 0.155. The minimum Gasteiger partial charge on any atom is -0.310 e. The highest BCUT2D eigenvalue weighted by Gasteiger charge is 2.20. The molecule has 0 fully saturated rings. The summed E-state index contributed by atoms with van der Waals surface area (Å²) in [5, 5.41) is 10.2. The van der Waals surface area contributed by atoms with Crippen LogP contribution in [-0.4, -0.2) is 9.13 Å². The first-order chi connectivity index (χ1) is 33.7. The van der Waals surface area contributed by atoms with Gasteiger partial charge in [0.05, 0.1) is 22.1 Å². The third-order valence-corrected chi connectivity index (χ3v) is 15.0. The van der Waals surface area contributed by atoms with E-state index in [1.165, 1.54) is 96.8 Å². The Morgan fingerprint density at radius 1 is 0.279 bits per heavy atom. The van der Waals surface area contributed by atoms with E-state index in [2.05, 4.69) is 263 Å². The lowest BCUT2D eigenvalue weighted by Gasteiger charge is -2.26. The molecule has 0 unspecified atom stereocenters. The summed E-state index contributed by atoms with van der Waals surface area (Å²) >= 11 is 1.88. The van der Waals surface area contributed by atoms with Crippen LogP contribution < -0.4 is 4.90 Å². The second-order valence-electron chi connectivity index (χ2n) is 17.7. The molecule has 0 atom stereocenters. The van der Waals surface area contributed by atoms with Gasteiger partial charge in [-0.2, -0.15) is 0 Å². The Labute approximate surface area is 397 Å². The number of fused-ring (bicyclic) bond motifs is 11.